The van der Waals surface area contributed by atoms with E-state index in [1.54, 1.807) is 48.8 Å². The van der Waals surface area contributed by atoms with E-state index >= 15 is 0 Å². The van der Waals surface area contributed by atoms with Gasteiger partial charge < -0.3 is 18.3 Å². The van der Waals surface area contributed by atoms with E-state index < -0.39 is 29.9 Å². The van der Waals surface area contributed by atoms with Crippen molar-refractivity contribution in [1.82, 2.24) is 0 Å². The summed E-state index contributed by atoms with van der Waals surface area (Å²) in [6, 6.07) is 6.87. The summed E-state index contributed by atoms with van der Waals surface area (Å²) in [7, 11) is 0. The quantitative estimate of drug-likeness (QED) is 0.626. The van der Waals surface area contributed by atoms with Gasteiger partial charge in [0.15, 0.2) is 0 Å². The Kier molecular flexibility index (Phi) is 3.15. The SMILES string of the molecule is O=C1OC2O/C(=C/c3ccco3)C=CC2C(c2ccco2)C1=O. The predicted molar refractivity (Wildman–Crippen MR) is 76.7 cm³/mol. The van der Waals surface area contributed by atoms with Crippen molar-refractivity contribution in [2.75, 3.05) is 0 Å². The lowest BCUT2D eigenvalue weighted by atomic mass is 9.82. The molecule has 0 N–H and O–H groups in total. The van der Waals surface area contributed by atoms with Crippen molar-refractivity contribution in [3.8, 4) is 0 Å². The minimum absolute atomic E-state index is 0.424. The topological polar surface area (TPSA) is 78.9 Å². The molecule has 2 aliphatic rings. The summed E-state index contributed by atoms with van der Waals surface area (Å²) in [5.74, 6) is -1.19. The van der Waals surface area contributed by atoms with Gasteiger partial charge in [-0.3, -0.25) is 4.79 Å². The van der Waals surface area contributed by atoms with E-state index in [-0.39, 0.29) is 0 Å². The summed E-state index contributed by atoms with van der Waals surface area (Å²) in [5.41, 5.74) is 0. The van der Waals surface area contributed by atoms with Crippen LogP contribution in [0.15, 0.2) is 63.5 Å². The molecule has 2 aromatic rings. The van der Waals surface area contributed by atoms with Crippen LogP contribution in [0, 0.1) is 5.92 Å². The molecule has 0 radical (unpaired) electrons. The van der Waals surface area contributed by atoms with Gasteiger partial charge in [-0.05, 0) is 30.3 Å². The first-order chi connectivity index (χ1) is 11.2. The number of carbonyl (C=O) groups excluding carboxylic acids is 2. The summed E-state index contributed by atoms with van der Waals surface area (Å²) in [5, 5.41) is 0. The molecule has 116 valence electrons. The first-order valence-corrected chi connectivity index (χ1v) is 7.10. The maximum absolute atomic E-state index is 12.2. The highest BCUT2D eigenvalue weighted by Gasteiger charge is 2.48. The van der Waals surface area contributed by atoms with Crippen LogP contribution in [0.3, 0.4) is 0 Å². The Morgan fingerprint density at radius 1 is 1.00 bits per heavy atom. The minimum Gasteiger partial charge on any atom is -0.469 e. The van der Waals surface area contributed by atoms with E-state index in [1.807, 2.05) is 0 Å². The second-order valence-corrected chi connectivity index (χ2v) is 5.25. The van der Waals surface area contributed by atoms with Crippen LogP contribution < -0.4 is 0 Å². The molecule has 4 rings (SSSR count). The molecular weight excluding hydrogens is 300 g/mol. The Hall–Kier alpha value is -3.02. The van der Waals surface area contributed by atoms with Gasteiger partial charge in [0.05, 0.1) is 18.4 Å². The normalized spacial score (nSPS) is 28.3. The zero-order valence-corrected chi connectivity index (χ0v) is 11.9. The van der Waals surface area contributed by atoms with Gasteiger partial charge in [-0.2, -0.15) is 0 Å². The van der Waals surface area contributed by atoms with Gasteiger partial charge in [0.2, 0.25) is 0 Å². The molecule has 6 heteroatoms. The molecule has 0 aromatic carbocycles. The van der Waals surface area contributed by atoms with E-state index in [0.29, 0.717) is 17.3 Å². The van der Waals surface area contributed by atoms with Gasteiger partial charge in [-0.25, -0.2) is 4.79 Å². The number of hydrogen-bond acceptors (Lipinski definition) is 6. The molecule has 0 saturated carbocycles. The third kappa shape index (κ3) is 2.38. The van der Waals surface area contributed by atoms with Crippen molar-refractivity contribution < 1.29 is 27.9 Å². The molecule has 23 heavy (non-hydrogen) atoms. The fourth-order valence-electron chi connectivity index (χ4n) is 2.77. The van der Waals surface area contributed by atoms with Gasteiger partial charge in [0, 0.05) is 6.08 Å². The summed E-state index contributed by atoms with van der Waals surface area (Å²) >= 11 is 0. The van der Waals surface area contributed by atoms with Gasteiger partial charge >= 0.3 is 5.97 Å². The van der Waals surface area contributed by atoms with Gasteiger partial charge in [0.25, 0.3) is 12.1 Å². The number of ether oxygens (including phenoxy) is 2. The molecule has 1 fully saturated rings. The van der Waals surface area contributed by atoms with Crippen molar-refractivity contribution in [1.29, 1.82) is 0 Å². The highest BCUT2D eigenvalue weighted by Crippen LogP contribution is 2.39. The number of furan rings is 2. The molecule has 4 heterocycles. The summed E-state index contributed by atoms with van der Waals surface area (Å²) in [6.45, 7) is 0. The number of rotatable bonds is 2. The number of hydrogen-bond donors (Lipinski definition) is 0. The van der Waals surface area contributed by atoms with Gasteiger partial charge in [0.1, 0.15) is 23.2 Å². The maximum Gasteiger partial charge on any atom is 0.378 e. The second-order valence-electron chi connectivity index (χ2n) is 5.25. The number of carbonyl (C=O) groups is 2. The van der Waals surface area contributed by atoms with Crippen LogP contribution in [-0.4, -0.2) is 18.0 Å². The Bertz CT molecular complexity index is 781. The van der Waals surface area contributed by atoms with E-state index in [9.17, 15) is 9.59 Å². The van der Waals surface area contributed by atoms with Crippen LogP contribution in [0.4, 0.5) is 0 Å². The molecule has 0 spiro atoms. The highest BCUT2D eigenvalue weighted by molar-refractivity contribution is 6.36. The van der Waals surface area contributed by atoms with E-state index in [0.717, 1.165) is 0 Å². The molecule has 1 saturated heterocycles. The number of Topliss-reactive ketones (excluding diaryl/α,β-unsaturated/α-hetero) is 1. The van der Waals surface area contributed by atoms with Crippen molar-refractivity contribution in [2.45, 2.75) is 12.2 Å². The Morgan fingerprint density at radius 3 is 2.57 bits per heavy atom. The van der Waals surface area contributed by atoms with Crippen LogP contribution in [-0.2, 0) is 19.1 Å². The first-order valence-electron chi connectivity index (χ1n) is 7.10. The lowest BCUT2D eigenvalue weighted by Crippen LogP contribution is -2.46. The van der Waals surface area contributed by atoms with E-state index in [1.165, 1.54) is 6.26 Å². The zero-order chi connectivity index (χ0) is 15.8. The molecular formula is C17H12O6. The van der Waals surface area contributed by atoms with E-state index in [4.69, 9.17) is 18.3 Å². The number of fused-ring (bicyclic) bond motifs is 1. The zero-order valence-electron chi connectivity index (χ0n) is 11.9. The standard InChI is InChI=1S/C17H12O6/c18-15-14(13-4-2-8-21-13)12-6-5-11(9-10-3-1-7-20-10)22-17(12)23-16(15)19/h1-9,12,14,17H/b11-9+. The molecule has 0 amide bonds. The minimum atomic E-state index is -0.916. The largest absolute Gasteiger partial charge is 0.469 e. The van der Waals surface area contributed by atoms with Gasteiger partial charge in [-0.1, -0.05) is 6.08 Å². The van der Waals surface area contributed by atoms with Crippen LogP contribution >= 0.6 is 0 Å². The summed E-state index contributed by atoms with van der Waals surface area (Å²) in [6.07, 6.45) is 7.34. The predicted octanol–water partition coefficient (Wildman–Crippen LogP) is 2.65. The van der Waals surface area contributed by atoms with Crippen molar-refractivity contribution >= 4 is 17.8 Å². The molecule has 3 atom stereocenters. The van der Waals surface area contributed by atoms with Crippen LogP contribution in [0.2, 0.25) is 0 Å². The summed E-state index contributed by atoms with van der Waals surface area (Å²) < 4.78 is 21.3. The smallest absolute Gasteiger partial charge is 0.378 e. The average molecular weight is 312 g/mol. The van der Waals surface area contributed by atoms with Crippen LogP contribution in [0.25, 0.3) is 6.08 Å². The highest BCUT2D eigenvalue weighted by atomic mass is 16.7. The number of esters is 1. The third-order valence-corrected chi connectivity index (χ3v) is 3.82. The molecule has 2 aliphatic heterocycles. The Morgan fingerprint density at radius 2 is 1.83 bits per heavy atom. The van der Waals surface area contributed by atoms with Crippen molar-refractivity contribution in [3.05, 3.63) is 66.2 Å². The third-order valence-electron chi connectivity index (χ3n) is 3.82. The fraction of sp³-hybridized carbons (Fsp3) is 0.176. The second kappa shape index (κ2) is 5.31. The lowest BCUT2D eigenvalue weighted by Gasteiger charge is -2.35. The van der Waals surface area contributed by atoms with Gasteiger partial charge in [-0.15, -0.1) is 0 Å². The maximum atomic E-state index is 12.2. The summed E-state index contributed by atoms with van der Waals surface area (Å²) in [4.78, 5) is 24.0. The lowest BCUT2D eigenvalue weighted by molar-refractivity contribution is -0.194. The van der Waals surface area contributed by atoms with Crippen molar-refractivity contribution in [2.24, 2.45) is 5.92 Å². The molecule has 6 nitrogen and oxygen atoms in total. The Labute approximate surface area is 131 Å². The van der Waals surface area contributed by atoms with Crippen LogP contribution in [0.1, 0.15) is 17.4 Å². The number of ketones is 1. The Balaban J connectivity index is 1.67. The molecule has 0 aliphatic carbocycles. The molecule has 0 bridgehead atoms. The monoisotopic (exact) mass is 312 g/mol. The molecule has 3 unspecified atom stereocenters. The van der Waals surface area contributed by atoms with Crippen LogP contribution in [0.5, 0.6) is 0 Å². The number of allylic oxidation sites excluding steroid dienone is 1. The van der Waals surface area contributed by atoms with Crippen molar-refractivity contribution in [3.63, 3.8) is 0 Å². The molecule has 2 aromatic heterocycles. The average Bonchev–Trinajstić information content (AvgIpc) is 3.22. The fourth-order valence-corrected chi connectivity index (χ4v) is 2.77. The first kappa shape index (κ1) is 13.6. The van der Waals surface area contributed by atoms with E-state index in [2.05, 4.69) is 0 Å².